The molecule has 3 atom stereocenters. The summed E-state index contributed by atoms with van der Waals surface area (Å²) in [5.41, 5.74) is 4.40. The van der Waals surface area contributed by atoms with Gasteiger partial charge in [-0.3, -0.25) is 9.69 Å². The molecular formula is C20H25N3O2. The topological polar surface area (TPSA) is 68.4 Å². The van der Waals surface area contributed by atoms with E-state index in [2.05, 4.69) is 15.2 Å². The standard InChI is InChI=1S/C20H25N3O2/c1-3-14(11-24)22-20(25)13-7-16-15-5-4-6-17-19(15)12(9-21-17)8-18(16)23(2)10-13/h4-7,9,13-14,18,21,24H,3,8,10-11H2,1-2H3,(H,22,25)/t13-,14+,18-/m1/s1/i1D3,3D2. The average Bonchev–Trinajstić information content (AvgIpc) is 3.10. The van der Waals surface area contributed by atoms with Crippen LogP contribution in [0, 0.1) is 5.92 Å². The van der Waals surface area contributed by atoms with Crippen LogP contribution in [0.2, 0.25) is 0 Å². The molecule has 0 unspecified atom stereocenters. The first-order valence-electron chi connectivity index (χ1n) is 11.0. The predicted molar refractivity (Wildman–Crippen MR) is 99.2 cm³/mol. The minimum absolute atomic E-state index is 0.130. The van der Waals surface area contributed by atoms with Crippen LogP contribution >= 0.6 is 0 Å². The Balaban J connectivity index is 1.65. The highest BCUT2D eigenvalue weighted by molar-refractivity contribution is 5.99. The summed E-state index contributed by atoms with van der Waals surface area (Å²) >= 11 is 0. The van der Waals surface area contributed by atoms with E-state index in [1.54, 1.807) is 0 Å². The Labute approximate surface area is 154 Å². The predicted octanol–water partition coefficient (Wildman–Crippen LogP) is 1.92. The number of fused-ring (bicyclic) bond motifs is 2. The highest BCUT2D eigenvalue weighted by atomic mass is 16.3. The van der Waals surface area contributed by atoms with Crippen LogP contribution < -0.4 is 5.32 Å². The molecule has 1 aliphatic carbocycles. The number of benzene rings is 1. The number of carbonyl (C=O) groups is 1. The number of hydrogen-bond donors (Lipinski definition) is 3. The number of H-pyrrole nitrogens is 1. The van der Waals surface area contributed by atoms with Crippen molar-refractivity contribution in [3.05, 3.63) is 41.6 Å². The number of nitrogens with zero attached hydrogens (tertiary/aromatic N) is 1. The maximum absolute atomic E-state index is 12.9. The number of hydrogen-bond acceptors (Lipinski definition) is 3. The van der Waals surface area contributed by atoms with Crippen molar-refractivity contribution >= 4 is 22.4 Å². The largest absolute Gasteiger partial charge is 0.394 e. The lowest BCUT2D eigenvalue weighted by molar-refractivity contribution is -0.125. The molecule has 2 heterocycles. The normalized spacial score (nSPS) is 27.9. The van der Waals surface area contributed by atoms with Gasteiger partial charge in [-0.15, -0.1) is 0 Å². The second kappa shape index (κ2) is 6.32. The van der Waals surface area contributed by atoms with Crippen molar-refractivity contribution in [1.29, 1.82) is 0 Å². The van der Waals surface area contributed by atoms with Gasteiger partial charge in [0.25, 0.3) is 0 Å². The third-order valence-electron chi connectivity index (χ3n) is 5.28. The van der Waals surface area contributed by atoms with Gasteiger partial charge >= 0.3 is 0 Å². The lowest BCUT2D eigenvalue weighted by atomic mass is 9.80. The number of carbonyl (C=O) groups excluding carboxylic acids is 1. The smallest absolute Gasteiger partial charge is 0.228 e. The molecular weight excluding hydrogens is 314 g/mol. The molecule has 3 N–H and O–H groups in total. The van der Waals surface area contributed by atoms with Crippen LogP contribution in [-0.4, -0.2) is 53.2 Å². The summed E-state index contributed by atoms with van der Waals surface area (Å²) in [6, 6.07) is 4.63. The number of nitrogens with one attached hydrogen (secondary N) is 2. The third kappa shape index (κ3) is 2.68. The van der Waals surface area contributed by atoms with E-state index in [4.69, 9.17) is 6.85 Å². The molecule has 1 aromatic carbocycles. The second-order valence-corrected chi connectivity index (χ2v) is 6.82. The van der Waals surface area contributed by atoms with E-state index in [1.807, 2.05) is 37.5 Å². The molecule has 0 bridgehead atoms. The summed E-state index contributed by atoms with van der Waals surface area (Å²) in [7, 11) is 1.95. The van der Waals surface area contributed by atoms with Crippen LogP contribution in [0.15, 0.2) is 30.5 Å². The molecule has 5 heteroatoms. The Morgan fingerprint density at radius 3 is 3.28 bits per heavy atom. The molecule has 0 saturated carbocycles. The minimum Gasteiger partial charge on any atom is -0.394 e. The first-order chi connectivity index (χ1) is 14.0. The number of likely N-dealkylation sites (N-methyl/N-ethyl adjacent to an activating group) is 1. The second-order valence-electron chi connectivity index (χ2n) is 6.82. The molecule has 2 aromatic rings. The summed E-state index contributed by atoms with van der Waals surface area (Å²) in [6.07, 6.45) is 2.02. The molecule has 132 valence electrons. The lowest BCUT2D eigenvalue weighted by Gasteiger charge is -2.39. The number of aromatic nitrogens is 1. The van der Waals surface area contributed by atoms with Crippen LogP contribution in [0.25, 0.3) is 16.5 Å². The van der Waals surface area contributed by atoms with Gasteiger partial charge in [0, 0.05) is 36.5 Å². The summed E-state index contributed by atoms with van der Waals surface area (Å²) in [6.45, 7) is -3.35. The summed E-state index contributed by atoms with van der Waals surface area (Å²) in [4.78, 5) is 18.3. The first kappa shape index (κ1) is 11.5. The van der Waals surface area contributed by atoms with Gasteiger partial charge in [0.15, 0.2) is 0 Å². The molecule has 1 amide bonds. The van der Waals surface area contributed by atoms with Crippen LogP contribution in [0.1, 0.15) is 31.2 Å². The zero-order valence-electron chi connectivity index (χ0n) is 19.0. The summed E-state index contributed by atoms with van der Waals surface area (Å²) in [5.74, 6) is -1.08. The Kier molecular flexibility index (Phi) is 2.90. The van der Waals surface area contributed by atoms with E-state index in [1.165, 1.54) is 5.56 Å². The number of amides is 1. The summed E-state index contributed by atoms with van der Waals surface area (Å²) < 4.78 is 37.9. The van der Waals surface area contributed by atoms with E-state index in [-0.39, 0.29) is 6.04 Å². The van der Waals surface area contributed by atoms with Crippen LogP contribution in [0.3, 0.4) is 0 Å². The maximum Gasteiger partial charge on any atom is 0.228 e. The first-order valence-corrected chi connectivity index (χ1v) is 8.47. The minimum atomic E-state index is -2.97. The molecule has 1 aliphatic heterocycles. The number of rotatable bonds is 4. The Hall–Kier alpha value is -2.11. The van der Waals surface area contributed by atoms with E-state index >= 15 is 0 Å². The van der Waals surface area contributed by atoms with E-state index in [0.29, 0.717) is 6.54 Å². The molecule has 0 fully saturated rings. The van der Waals surface area contributed by atoms with E-state index in [0.717, 1.165) is 28.5 Å². The molecule has 0 saturated heterocycles. The van der Waals surface area contributed by atoms with Gasteiger partial charge in [-0.25, -0.2) is 0 Å². The van der Waals surface area contributed by atoms with Crippen molar-refractivity contribution in [2.75, 3.05) is 20.2 Å². The number of aromatic amines is 1. The molecule has 2 aliphatic rings. The monoisotopic (exact) mass is 344 g/mol. The van der Waals surface area contributed by atoms with E-state index < -0.39 is 37.7 Å². The number of aliphatic hydroxyl groups excluding tert-OH is 1. The van der Waals surface area contributed by atoms with Gasteiger partial charge in [-0.05, 0) is 42.6 Å². The average molecular weight is 344 g/mol. The van der Waals surface area contributed by atoms with Gasteiger partial charge in [0.2, 0.25) is 5.91 Å². The summed E-state index contributed by atoms with van der Waals surface area (Å²) in [5, 5.41) is 13.2. The van der Waals surface area contributed by atoms with Crippen molar-refractivity contribution in [2.24, 2.45) is 5.92 Å². The SMILES string of the molecule is [2H]C([2H])([2H])C([2H])([2H])[C@@H](CO)NC(=O)[C@@H]1C=C2c3cccc4[nH]cc(c34)C[C@H]2N(C)C1. The molecule has 1 aromatic heterocycles. The van der Waals surface area contributed by atoms with Gasteiger partial charge in [0.05, 0.1) is 18.6 Å². The van der Waals surface area contributed by atoms with Gasteiger partial charge < -0.3 is 15.4 Å². The molecule has 25 heavy (non-hydrogen) atoms. The van der Waals surface area contributed by atoms with Crippen molar-refractivity contribution in [3.8, 4) is 0 Å². The molecule has 4 rings (SSSR count). The Morgan fingerprint density at radius 2 is 2.48 bits per heavy atom. The van der Waals surface area contributed by atoms with Crippen molar-refractivity contribution in [3.63, 3.8) is 0 Å². The van der Waals surface area contributed by atoms with Crippen molar-refractivity contribution < 1.29 is 16.8 Å². The Bertz CT molecular complexity index is 1010. The third-order valence-corrected chi connectivity index (χ3v) is 5.28. The molecule has 5 nitrogen and oxygen atoms in total. The quantitative estimate of drug-likeness (QED) is 0.794. The van der Waals surface area contributed by atoms with Gasteiger partial charge in [0.1, 0.15) is 0 Å². The zero-order valence-corrected chi connectivity index (χ0v) is 14.0. The zero-order chi connectivity index (χ0) is 21.8. The maximum atomic E-state index is 12.9. The number of aliphatic hydroxyl groups is 1. The van der Waals surface area contributed by atoms with Crippen molar-refractivity contribution in [2.45, 2.75) is 31.7 Å². The van der Waals surface area contributed by atoms with E-state index in [9.17, 15) is 9.90 Å². The highest BCUT2D eigenvalue weighted by Gasteiger charge is 2.35. The fraction of sp³-hybridized carbons (Fsp3) is 0.450. The van der Waals surface area contributed by atoms with Crippen molar-refractivity contribution in [1.82, 2.24) is 15.2 Å². The molecule has 0 radical (unpaired) electrons. The lowest BCUT2D eigenvalue weighted by Crippen LogP contribution is -2.48. The highest BCUT2D eigenvalue weighted by Crippen LogP contribution is 2.40. The Morgan fingerprint density at radius 1 is 1.60 bits per heavy atom. The van der Waals surface area contributed by atoms with Crippen LogP contribution in [-0.2, 0) is 11.2 Å². The van der Waals surface area contributed by atoms with Crippen LogP contribution in [0.4, 0.5) is 0 Å². The fourth-order valence-corrected chi connectivity index (χ4v) is 4.02. The molecule has 0 spiro atoms. The van der Waals surface area contributed by atoms with Crippen LogP contribution in [0.5, 0.6) is 0 Å². The van der Waals surface area contributed by atoms with Gasteiger partial charge in [-0.1, -0.05) is 25.1 Å². The fourth-order valence-electron chi connectivity index (χ4n) is 4.02. The van der Waals surface area contributed by atoms with Gasteiger partial charge in [-0.2, -0.15) is 0 Å².